The summed E-state index contributed by atoms with van der Waals surface area (Å²) in [6, 6.07) is 0.388. The zero-order valence-electron chi connectivity index (χ0n) is 40.5. The lowest BCUT2D eigenvalue weighted by Crippen LogP contribution is -2.43. The van der Waals surface area contributed by atoms with E-state index in [4.69, 9.17) is 14.2 Å². The van der Waals surface area contributed by atoms with Gasteiger partial charge in [0.05, 0.1) is 26.4 Å². The van der Waals surface area contributed by atoms with Crippen LogP contribution >= 0.6 is 0 Å². The van der Waals surface area contributed by atoms with Crippen molar-refractivity contribution in [3.8, 4) is 0 Å². The molecule has 0 aromatic carbocycles. The smallest absolute Gasteiger partial charge is 0.305 e. The van der Waals surface area contributed by atoms with Gasteiger partial charge in [-0.15, -0.1) is 0 Å². The molecule has 60 heavy (non-hydrogen) atoms. The van der Waals surface area contributed by atoms with Crippen molar-refractivity contribution in [1.82, 2.24) is 9.80 Å². The van der Waals surface area contributed by atoms with Gasteiger partial charge in [-0.25, -0.2) is 0 Å². The molecular weight excluding hydrogens is 749 g/mol. The third kappa shape index (κ3) is 34.3. The highest BCUT2D eigenvalue weighted by Crippen LogP contribution is 2.22. The summed E-state index contributed by atoms with van der Waals surface area (Å²) in [5, 5.41) is 9.78. The summed E-state index contributed by atoms with van der Waals surface area (Å²) < 4.78 is 17.4. The van der Waals surface area contributed by atoms with Crippen LogP contribution < -0.4 is 0 Å². The zero-order valence-corrected chi connectivity index (χ0v) is 40.5. The van der Waals surface area contributed by atoms with Crippen LogP contribution in [0, 0.1) is 11.8 Å². The van der Waals surface area contributed by atoms with Gasteiger partial charge in [0.25, 0.3) is 0 Å². The van der Waals surface area contributed by atoms with Crippen molar-refractivity contribution < 1.29 is 28.9 Å². The second-order valence-electron chi connectivity index (χ2n) is 18.6. The Morgan fingerprint density at radius 1 is 0.517 bits per heavy atom. The first-order valence-corrected chi connectivity index (χ1v) is 26.4. The molecule has 0 amide bonds. The molecule has 1 aliphatic rings. The largest absolute Gasteiger partial charge is 0.465 e. The van der Waals surface area contributed by atoms with Crippen LogP contribution in [0.2, 0.25) is 0 Å². The van der Waals surface area contributed by atoms with Crippen LogP contribution in [0.4, 0.5) is 0 Å². The van der Waals surface area contributed by atoms with Gasteiger partial charge in [0.15, 0.2) is 0 Å². The first kappa shape index (κ1) is 56.8. The molecule has 1 fully saturated rings. The highest BCUT2D eigenvalue weighted by atomic mass is 16.5. The van der Waals surface area contributed by atoms with E-state index < -0.39 is 0 Å². The van der Waals surface area contributed by atoms with Gasteiger partial charge < -0.3 is 24.2 Å². The number of hydrogen-bond acceptors (Lipinski definition) is 8. The molecule has 356 valence electrons. The monoisotopic (exact) mass is 851 g/mol. The average Bonchev–Trinajstić information content (AvgIpc) is 3.80. The van der Waals surface area contributed by atoms with Gasteiger partial charge in [-0.05, 0) is 82.7 Å². The fourth-order valence-corrected chi connectivity index (χ4v) is 8.92. The van der Waals surface area contributed by atoms with Crippen molar-refractivity contribution in [1.29, 1.82) is 0 Å². The first-order chi connectivity index (χ1) is 29.5. The van der Waals surface area contributed by atoms with E-state index in [1.807, 2.05) is 0 Å². The van der Waals surface area contributed by atoms with Crippen LogP contribution in [0.3, 0.4) is 0 Å². The Morgan fingerprint density at radius 2 is 0.917 bits per heavy atom. The standard InChI is InChI=1S/C52H102N2O6/c1-5-9-13-17-19-25-33-48(31-23-15-11-7-3)45-59-51(56)35-27-21-29-38-53(40-41-54(42-43-55)50-37-44-58-47-50)39-30-22-28-36-52(57)60-46-49(32-24-16-12-8-4)34-26-20-18-14-10-6-2/h48-50,55H,5-47H2,1-4H3. The number of nitrogens with zero attached hydrogens (tertiary/aromatic N) is 2. The topological polar surface area (TPSA) is 88.5 Å². The first-order valence-electron chi connectivity index (χ1n) is 26.4. The van der Waals surface area contributed by atoms with Crippen molar-refractivity contribution >= 4 is 11.9 Å². The van der Waals surface area contributed by atoms with Crippen molar-refractivity contribution in [3.05, 3.63) is 0 Å². The molecule has 1 N–H and O–H groups in total. The molecule has 8 nitrogen and oxygen atoms in total. The minimum atomic E-state index is -0.0226. The summed E-state index contributed by atoms with van der Waals surface area (Å²) in [4.78, 5) is 30.6. The third-order valence-electron chi connectivity index (χ3n) is 13.0. The second-order valence-corrected chi connectivity index (χ2v) is 18.6. The highest BCUT2D eigenvalue weighted by molar-refractivity contribution is 5.69. The SMILES string of the molecule is CCCCCCCCC(CCCCCC)COC(=O)CCCCCN(CCCCCC(=O)OCC(CCCCCC)CCCCCCCC)CCN(CCO)C1CCOC1. The number of rotatable bonds is 46. The van der Waals surface area contributed by atoms with E-state index in [9.17, 15) is 14.7 Å². The molecule has 0 radical (unpaired) electrons. The van der Waals surface area contributed by atoms with E-state index >= 15 is 0 Å². The number of carbonyl (C=O) groups excluding carboxylic acids is 2. The van der Waals surface area contributed by atoms with E-state index in [1.165, 1.54) is 154 Å². The Hall–Kier alpha value is -1.22. The third-order valence-corrected chi connectivity index (χ3v) is 13.0. The summed E-state index contributed by atoms with van der Waals surface area (Å²) in [7, 11) is 0. The number of carbonyl (C=O) groups is 2. The van der Waals surface area contributed by atoms with Crippen LogP contribution in [0.25, 0.3) is 0 Å². The van der Waals surface area contributed by atoms with E-state index in [0.717, 1.165) is 84.3 Å². The summed E-state index contributed by atoms with van der Waals surface area (Å²) in [5.74, 6) is 0.973. The number of ether oxygens (including phenoxy) is 3. The van der Waals surface area contributed by atoms with E-state index in [-0.39, 0.29) is 18.5 Å². The molecule has 0 aromatic rings. The highest BCUT2D eigenvalue weighted by Gasteiger charge is 2.23. The quantitative estimate of drug-likeness (QED) is 0.0479. The van der Waals surface area contributed by atoms with Gasteiger partial charge in [-0.3, -0.25) is 14.5 Å². The maximum Gasteiger partial charge on any atom is 0.305 e. The zero-order chi connectivity index (χ0) is 43.6. The molecule has 0 spiro atoms. The summed E-state index contributed by atoms with van der Waals surface area (Å²) in [6.07, 6.45) is 38.6. The summed E-state index contributed by atoms with van der Waals surface area (Å²) >= 11 is 0. The van der Waals surface area contributed by atoms with Gasteiger partial charge >= 0.3 is 11.9 Å². The minimum Gasteiger partial charge on any atom is -0.465 e. The maximum absolute atomic E-state index is 12.8. The van der Waals surface area contributed by atoms with Crippen molar-refractivity contribution in [2.45, 2.75) is 246 Å². The van der Waals surface area contributed by atoms with E-state index in [1.54, 1.807) is 0 Å². The van der Waals surface area contributed by atoms with Gasteiger partial charge in [0.1, 0.15) is 0 Å². The van der Waals surface area contributed by atoms with Crippen LogP contribution in [0.15, 0.2) is 0 Å². The van der Waals surface area contributed by atoms with Crippen LogP contribution in [0.1, 0.15) is 240 Å². The molecule has 1 aliphatic heterocycles. The minimum absolute atomic E-state index is 0.0226. The Kier molecular flexibility index (Phi) is 40.8. The predicted molar refractivity (Wildman–Crippen MR) is 254 cm³/mol. The van der Waals surface area contributed by atoms with Crippen molar-refractivity contribution in [3.63, 3.8) is 0 Å². The van der Waals surface area contributed by atoms with Gasteiger partial charge in [0, 0.05) is 45.1 Å². The molecule has 3 unspecified atom stereocenters. The van der Waals surface area contributed by atoms with E-state index in [2.05, 4.69) is 37.5 Å². The number of aliphatic hydroxyl groups is 1. The molecule has 1 saturated heterocycles. The Morgan fingerprint density at radius 3 is 1.32 bits per heavy atom. The van der Waals surface area contributed by atoms with Crippen molar-refractivity contribution in [2.75, 3.05) is 65.8 Å². The lowest BCUT2D eigenvalue weighted by Gasteiger charge is -2.30. The van der Waals surface area contributed by atoms with Gasteiger partial charge in [0.2, 0.25) is 0 Å². The molecule has 0 aliphatic carbocycles. The number of unbranched alkanes of at least 4 members (excludes halogenated alkanes) is 20. The van der Waals surface area contributed by atoms with Gasteiger partial charge in [-0.1, -0.05) is 169 Å². The Balaban J connectivity index is 2.51. The molecule has 1 rings (SSSR count). The fourth-order valence-electron chi connectivity index (χ4n) is 8.92. The molecule has 8 heteroatoms. The molecule has 0 aromatic heterocycles. The number of aliphatic hydroxyl groups excluding tert-OH is 1. The maximum atomic E-state index is 12.8. The molecule has 0 saturated carbocycles. The normalized spacial score (nSPS) is 15.3. The second kappa shape index (κ2) is 43.1. The van der Waals surface area contributed by atoms with Crippen LogP contribution in [-0.2, 0) is 23.8 Å². The lowest BCUT2D eigenvalue weighted by atomic mass is 9.95. The number of hydrogen-bond donors (Lipinski definition) is 1. The fraction of sp³-hybridized carbons (Fsp3) is 0.962. The average molecular weight is 851 g/mol. The number of esters is 2. The van der Waals surface area contributed by atoms with E-state index in [0.29, 0.717) is 50.5 Å². The molecule has 0 bridgehead atoms. The van der Waals surface area contributed by atoms with Crippen LogP contribution in [-0.4, -0.2) is 98.6 Å². The van der Waals surface area contributed by atoms with Gasteiger partial charge in [-0.2, -0.15) is 0 Å². The van der Waals surface area contributed by atoms with Crippen LogP contribution in [0.5, 0.6) is 0 Å². The lowest BCUT2D eigenvalue weighted by molar-refractivity contribution is -0.146. The summed E-state index contributed by atoms with van der Waals surface area (Å²) in [6.45, 7) is 16.5. The molecule has 1 heterocycles. The Labute approximate surface area is 372 Å². The summed E-state index contributed by atoms with van der Waals surface area (Å²) in [5.41, 5.74) is 0. The molecular formula is C52H102N2O6. The molecule has 3 atom stereocenters. The Bertz CT molecular complexity index is 872. The predicted octanol–water partition coefficient (Wildman–Crippen LogP) is 13.3. The van der Waals surface area contributed by atoms with Crippen molar-refractivity contribution in [2.24, 2.45) is 11.8 Å².